The van der Waals surface area contributed by atoms with Crippen molar-refractivity contribution >= 4 is 33.1 Å². The number of hydrogen-bond acceptors (Lipinski definition) is 5. The first-order valence-electron chi connectivity index (χ1n) is 9.52. The molecule has 0 spiro atoms. The van der Waals surface area contributed by atoms with Crippen LogP contribution in [0.3, 0.4) is 0 Å². The first-order chi connectivity index (χ1) is 14.6. The number of ether oxygens (including phenoxy) is 1. The average Bonchev–Trinajstić information content (AvgIpc) is 2.72. The molecule has 0 aromatic heterocycles. The van der Waals surface area contributed by atoms with E-state index in [9.17, 15) is 22.4 Å². The highest BCUT2D eigenvalue weighted by atomic mass is 35.5. The predicted octanol–water partition coefficient (Wildman–Crippen LogP) is 3.15. The molecule has 1 heterocycles. The van der Waals surface area contributed by atoms with Gasteiger partial charge in [-0.1, -0.05) is 11.6 Å². The largest absolute Gasteiger partial charge is 0.490 e. The summed E-state index contributed by atoms with van der Waals surface area (Å²) < 4.78 is 61.1. The molecule has 164 valence electrons. The highest BCUT2D eigenvalue weighted by molar-refractivity contribution is 7.92. The highest BCUT2D eigenvalue weighted by Gasteiger charge is 2.62. The van der Waals surface area contributed by atoms with Gasteiger partial charge in [0.25, 0.3) is 0 Å². The summed E-state index contributed by atoms with van der Waals surface area (Å²) >= 11 is 5.89. The van der Waals surface area contributed by atoms with Gasteiger partial charge in [-0.25, -0.2) is 17.2 Å². The van der Waals surface area contributed by atoms with Gasteiger partial charge in [-0.3, -0.25) is 9.59 Å². The van der Waals surface area contributed by atoms with Crippen LogP contribution in [0.15, 0.2) is 41.3 Å². The zero-order chi connectivity index (χ0) is 22.6. The summed E-state index contributed by atoms with van der Waals surface area (Å²) in [6.45, 7) is -0.385. The van der Waals surface area contributed by atoms with Gasteiger partial charge in [0.2, 0.25) is 5.91 Å². The predicted molar refractivity (Wildman–Crippen MR) is 107 cm³/mol. The number of benzene rings is 2. The summed E-state index contributed by atoms with van der Waals surface area (Å²) in [6.07, 6.45) is -0.943. The summed E-state index contributed by atoms with van der Waals surface area (Å²) in [6, 6.07) is 6.98. The number of amides is 1. The Kier molecular flexibility index (Phi) is 5.29. The van der Waals surface area contributed by atoms with Crippen LogP contribution in [-0.2, 0) is 24.2 Å². The molecule has 31 heavy (non-hydrogen) atoms. The van der Waals surface area contributed by atoms with Crippen LogP contribution < -0.4 is 10.5 Å². The first-order valence-corrected chi connectivity index (χ1v) is 11.4. The van der Waals surface area contributed by atoms with Crippen LogP contribution >= 0.6 is 11.6 Å². The SMILES string of the molecule is NC(=O)C[C@@H]1C(=O)CC[C@@]2(S(=O)(=O)c3ccc(Cl)cc3)c3c(F)ccc(F)c3OC[C@@H]12. The Labute approximate surface area is 182 Å². The van der Waals surface area contributed by atoms with Crippen molar-refractivity contribution in [1.29, 1.82) is 0 Å². The van der Waals surface area contributed by atoms with E-state index >= 15 is 4.39 Å². The molecule has 0 radical (unpaired) electrons. The highest BCUT2D eigenvalue weighted by Crippen LogP contribution is 2.57. The lowest BCUT2D eigenvalue weighted by Crippen LogP contribution is -2.56. The monoisotopic (exact) mass is 469 g/mol. The number of ketones is 1. The summed E-state index contributed by atoms with van der Waals surface area (Å²) in [5, 5.41) is 0.294. The second-order valence-corrected chi connectivity index (χ2v) is 10.4. The van der Waals surface area contributed by atoms with Gasteiger partial charge in [0, 0.05) is 29.7 Å². The molecule has 2 aromatic rings. The van der Waals surface area contributed by atoms with E-state index in [0.29, 0.717) is 5.02 Å². The molecular formula is C21H18ClF2NO5S. The van der Waals surface area contributed by atoms with Crippen LogP contribution in [0.25, 0.3) is 0 Å². The summed E-state index contributed by atoms with van der Waals surface area (Å²) in [5.41, 5.74) is 4.85. The Bertz CT molecular complexity index is 1190. The fourth-order valence-corrected chi connectivity index (χ4v) is 7.30. The number of sulfone groups is 1. The van der Waals surface area contributed by atoms with Crippen molar-refractivity contribution in [2.75, 3.05) is 6.61 Å². The van der Waals surface area contributed by atoms with Gasteiger partial charge >= 0.3 is 0 Å². The lowest BCUT2D eigenvalue weighted by molar-refractivity contribution is -0.133. The standard InChI is InChI=1S/C21H18ClF2NO5S/c22-11-1-3-12(4-2-11)31(28,29)21-8-7-17(26)13(9-18(25)27)14(21)10-30-20-16(24)6-5-15(23)19(20)21/h1-6,13-14H,7-10H2,(H2,25,27)/t13-,14-,21-/m0/s1. The number of Topliss-reactive ketones (excluding diaryl/α,β-unsaturated/α-hetero) is 1. The van der Waals surface area contributed by atoms with Crippen molar-refractivity contribution in [1.82, 2.24) is 0 Å². The normalized spacial score (nSPS) is 25.3. The first kappa shape index (κ1) is 21.7. The van der Waals surface area contributed by atoms with Crippen molar-refractivity contribution in [3.05, 3.63) is 58.6 Å². The number of hydrogen-bond donors (Lipinski definition) is 1. The molecule has 4 rings (SSSR count). The maximum absolute atomic E-state index is 15.2. The Morgan fingerprint density at radius 1 is 1.16 bits per heavy atom. The van der Waals surface area contributed by atoms with E-state index in [1.165, 1.54) is 24.3 Å². The van der Waals surface area contributed by atoms with Gasteiger partial charge in [0.05, 0.1) is 17.1 Å². The number of carbonyl (C=O) groups is 2. The summed E-state index contributed by atoms with van der Waals surface area (Å²) in [5.74, 6) is -5.79. The molecule has 10 heteroatoms. The number of halogens is 3. The van der Waals surface area contributed by atoms with Crippen LogP contribution in [0.5, 0.6) is 5.75 Å². The molecular weight excluding hydrogens is 452 g/mol. The molecule has 1 amide bonds. The molecule has 0 bridgehead atoms. The smallest absolute Gasteiger partial charge is 0.218 e. The third-order valence-corrected chi connectivity index (χ3v) is 8.97. The molecule has 2 aromatic carbocycles. The molecule has 1 saturated carbocycles. The molecule has 2 aliphatic rings. The fraction of sp³-hybridized carbons (Fsp3) is 0.333. The molecule has 3 atom stereocenters. The van der Waals surface area contributed by atoms with Crippen molar-refractivity contribution in [3.8, 4) is 5.75 Å². The van der Waals surface area contributed by atoms with E-state index in [0.717, 1.165) is 12.1 Å². The molecule has 1 fully saturated rings. The van der Waals surface area contributed by atoms with Gasteiger partial charge in [-0.2, -0.15) is 0 Å². The van der Waals surface area contributed by atoms with Crippen molar-refractivity contribution in [2.24, 2.45) is 17.6 Å². The number of nitrogens with two attached hydrogens (primary N) is 1. The molecule has 1 aliphatic heterocycles. The van der Waals surface area contributed by atoms with Crippen molar-refractivity contribution in [3.63, 3.8) is 0 Å². The number of carbonyl (C=O) groups excluding carboxylic acids is 2. The second kappa shape index (κ2) is 7.56. The van der Waals surface area contributed by atoms with Crippen LogP contribution in [0, 0.1) is 23.5 Å². The van der Waals surface area contributed by atoms with Crippen LogP contribution in [0.4, 0.5) is 8.78 Å². The minimum atomic E-state index is -4.39. The maximum atomic E-state index is 15.2. The van der Waals surface area contributed by atoms with Gasteiger partial charge in [-0.05, 0) is 42.8 Å². The number of rotatable bonds is 4. The molecule has 6 nitrogen and oxygen atoms in total. The van der Waals surface area contributed by atoms with E-state index in [-0.39, 0.29) is 30.1 Å². The summed E-state index contributed by atoms with van der Waals surface area (Å²) in [4.78, 5) is 24.1. The molecule has 1 aliphatic carbocycles. The van der Waals surface area contributed by atoms with Crippen LogP contribution in [-0.4, -0.2) is 26.7 Å². The minimum Gasteiger partial charge on any atom is -0.490 e. The topological polar surface area (TPSA) is 104 Å². The maximum Gasteiger partial charge on any atom is 0.218 e. The molecule has 0 saturated heterocycles. The Balaban J connectivity index is 2.04. The van der Waals surface area contributed by atoms with E-state index in [1.54, 1.807) is 0 Å². The van der Waals surface area contributed by atoms with Crippen LogP contribution in [0.2, 0.25) is 5.02 Å². The lowest BCUT2D eigenvalue weighted by atomic mass is 9.66. The van der Waals surface area contributed by atoms with Gasteiger partial charge in [0.1, 0.15) is 16.3 Å². The molecule has 2 N–H and O–H groups in total. The Morgan fingerprint density at radius 2 is 1.81 bits per heavy atom. The third kappa shape index (κ3) is 3.22. The van der Waals surface area contributed by atoms with E-state index in [1.807, 2.05) is 0 Å². The Hall–Kier alpha value is -2.52. The van der Waals surface area contributed by atoms with Crippen LogP contribution in [0.1, 0.15) is 24.8 Å². The zero-order valence-corrected chi connectivity index (χ0v) is 17.7. The minimum absolute atomic E-state index is 0.161. The van der Waals surface area contributed by atoms with Gasteiger partial charge in [-0.15, -0.1) is 0 Å². The second-order valence-electron chi connectivity index (χ2n) is 7.74. The Morgan fingerprint density at radius 3 is 2.45 bits per heavy atom. The van der Waals surface area contributed by atoms with Gasteiger partial charge in [0.15, 0.2) is 21.4 Å². The van der Waals surface area contributed by atoms with Crippen molar-refractivity contribution in [2.45, 2.75) is 28.9 Å². The molecule has 0 unspecified atom stereocenters. The number of fused-ring (bicyclic) bond motifs is 3. The zero-order valence-electron chi connectivity index (χ0n) is 16.1. The quantitative estimate of drug-likeness (QED) is 0.740. The van der Waals surface area contributed by atoms with E-state index in [4.69, 9.17) is 22.1 Å². The van der Waals surface area contributed by atoms with Crippen molar-refractivity contribution < 1.29 is 31.5 Å². The lowest BCUT2D eigenvalue weighted by Gasteiger charge is -2.49. The summed E-state index contributed by atoms with van der Waals surface area (Å²) in [7, 11) is -4.39. The average molecular weight is 470 g/mol. The van der Waals surface area contributed by atoms with E-state index < -0.39 is 61.7 Å². The third-order valence-electron chi connectivity index (χ3n) is 6.15. The van der Waals surface area contributed by atoms with E-state index in [2.05, 4.69) is 0 Å². The number of primary amides is 1. The van der Waals surface area contributed by atoms with Gasteiger partial charge < -0.3 is 10.5 Å². The fourth-order valence-electron chi connectivity index (χ4n) is 4.80.